The van der Waals surface area contributed by atoms with Crippen molar-refractivity contribution < 1.29 is 19.1 Å². The number of rotatable bonds is 3. The summed E-state index contributed by atoms with van der Waals surface area (Å²) >= 11 is 0. The lowest BCUT2D eigenvalue weighted by Crippen LogP contribution is -2.31. The lowest BCUT2D eigenvalue weighted by atomic mass is 9.87. The molecule has 5 nitrogen and oxygen atoms in total. The van der Waals surface area contributed by atoms with E-state index < -0.39 is 17.8 Å². The molecule has 0 radical (unpaired) electrons. The van der Waals surface area contributed by atoms with Crippen molar-refractivity contribution in [3.05, 3.63) is 95.1 Å². The summed E-state index contributed by atoms with van der Waals surface area (Å²) in [5.74, 6) is -1.15. The highest BCUT2D eigenvalue weighted by Gasteiger charge is 2.38. The number of amides is 2. The van der Waals surface area contributed by atoms with Crippen LogP contribution >= 0.6 is 0 Å². The fraction of sp³-hybridized carbons (Fsp3) is 0.160. The van der Waals surface area contributed by atoms with E-state index in [0.29, 0.717) is 16.9 Å². The van der Waals surface area contributed by atoms with Crippen molar-refractivity contribution in [2.45, 2.75) is 26.2 Å². The number of carbonyl (C=O) groups excluding carboxylic acids is 3. The summed E-state index contributed by atoms with van der Waals surface area (Å²) in [4.78, 5) is 39.6. The van der Waals surface area contributed by atoms with Crippen molar-refractivity contribution in [2.24, 2.45) is 0 Å². The Morgan fingerprint density at radius 2 is 1.30 bits per heavy atom. The van der Waals surface area contributed by atoms with Gasteiger partial charge in [0.25, 0.3) is 11.8 Å². The van der Waals surface area contributed by atoms with Gasteiger partial charge in [0, 0.05) is 0 Å². The zero-order chi connectivity index (χ0) is 21.5. The first kappa shape index (κ1) is 19.6. The van der Waals surface area contributed by atoms with Crippen molar-refractivity contribution in [1.82, 2.24) is 0 Å². The molecule has 0 aromatic heterocycles. The standard InChI is InChI=1S/C25H21NO4/c1-25(2,3)16-12-14-17(15-13-16)30-24(29)20-10-6-7-11-21(20)26-22(27)18-8-4-5-9-19(18)23(26)28/h4-15H,1-3H3. The van der Waals surface area contributed by atoms with Crippen LogP contribution in [0.15, 0.2) is 72.8 Å². The zero-order valence-corrected chi connectivity index (χ0v) is 17.0. The summed E-state index contributed by atoms with van der Waals surface area (Å²) in [5, 5.41) is 0. The normalized spacial score (nSPS) is 13.4. The van der Waals surface area contributed by atoms with E-state index in [9.17, 15) is 14.4 Å². The van der Waals surface area contributed by atoms with Crippen LogP contribution in [0.2, 0.25) is 0 Å². The molecule has 0 bridgehead atoms. The summed E-state index contributed by atoms with van der Waals surface area (Å²) < 4.78 is 5.53. The monoisotopic (exact) mass is 399 g/mol. The highest BCUT2D eigenvalue weighted by molar-refractivity contribution is 6.35. The van der Waals surface area contributed by atoms with Gasteiger partial charge in [0.1, 0.15) is 5.75 Å². The molecule has 3 aromatic rings. The van der Waals surface area contributed by atoms with E-state index in [1.807, 2.05) is 12.1 Å². The van der Waals surface area contributed by atoms with Gasteiger partial charge in [0.05, 0.1) is 22.4 Å². The molecule has 0 fully saturated rings. The molecule has 30 heavy (non-hydrogen) atoms. The average Bonchev–Trinajstić information content (AvgIpc) is 2.98. The van der Waals surface area contributed by atoms with Gasteiger partial charge in [0.2, 0.25) is 0 Å². The molecule has 0 atom stereocenters. The highest BCUT2D eigenvalue weighted by Crippen LogP contribution is 2.31. The lowest BCUT2D eigenvalue weighted by molar-refractivity contribution is 0.0735. The third-order valence-electron chi connectivity index (χ3n) is 5.09. The second-order valence-electron chi connectivity index (χ2n) is 8.17. The van der Waals surface area contributed by atoms with Crippen LogP contribution in [0.1, 0.15) is 57.4 Å². The molecule has 5 heteroatoms. The molecule has 0 aliphatic carbocycles. The molecular weight excluding hydrogens is 378 g/mol. The van der Waals surface area contributed by atoms with Crippen molar-refractivity contribution in [3.8, 4) is 5.75 Å². The molecule has 1 heterocycles. The maximum atomic E-state index is 12.9. The van der Waals surface area contributed by atoms with Gasteiger partial charge in [-0.25, -0.2) is 9.69 Å². The van der Waals surface area contributed by atoms with E-state index in [1.54, 1.807) is 60.7 Å². The maximum absolute atomic E-state index is 12.9. The Hall–Kier alpha value is -3.73. The van der Waals surface area contributed by atoms with E-state index in [4.69, 9.17) is 4.74 Å². The van der Waals surface area contributed by atoms with E-state index in [1.165, 1.54) is 0 Å². The van der Waals surface area contributed by atoms with Gasteiger partial charge < -0.3 is 4.74 Å². The summed E-state index contributed by atoms with van der Waals surface area (Å²) in [6.07, 6.45) is 0. The molecule has 0 spiro atoms. The van der Waals surface area contributed by atoms with Crippen LogP contribution in [0.4, 0.5) is 5.69 Å². The fourth-order valence-electron chi connectivity index (χ4n) is 3.43. The summed E-state index contributed by atoms with van der Waals surface area (Å²) in [7, 11) is 0. The number of esters is 1. The SMILES string of the molecule is CC(C)(C)c1ccc(OC(=O)c2ccccc2N2C(=O)c3ccccc3C2=O)cc1. The molecule has 0 unspecified atom stereocenters. The molecule has 3 aromatic carbocycles. The van der Waals surface area contributed by atoms with E-state index >= 15 is 0 Å². The van der Waals surface area contributed by atoms with Crippen molar-refractivity contribution >= 4 is 23.5 Å². The number of nitrogens with zero attached hydrogens (tertiary/aromatic N) is 1. The molecule has 2 amide bonds. The fourth-order valence-corrected chi connectivity index (χ4v) is 3.43. The predicted molar refractivity (Wildman–Crippen MR) is 114 cm³/mol. The number of hydrogen-bond acceptors (Lipinski definition) is 4. The molecule has 1 aliphatic rings. The van der Waals surface area contributed by atoms with Crippen LogP contribution < -0.4 is 9.64 Å². The number of anilines is 1. The number of carbonyl (C=O) groups is 3. The Bertz CT molecular complexity index is 1120. The van der Waals surface area contributed by atoms with Gasteiger partial charge in [-0.1, -0.05) is 57.2 Å². The van der Waals surface area contributed by atoms with Crippen molar-refractivity contribution in [1.29, 1.82) is 0 Å². The molecule has 4 rings (SSSR count). The number of hydrogen-bond donors (Lipinski definition) is 0. The van der Waals surface area contributed by atoms with Crippen molar-refractivity contribution in [2.75, 3.05) is 4.90 Å². The first-order valence-corrected chi connectivity index (χ1v) is 9.67. The summed E-state index contributed by atoms with van der Waals surface area (Å²) in [6, 6.07) is 20.4. The van der Waals surface area contributed by atoms with Crippen LogP contribution in [-0.4, -0.2) is 17.8 Å². The summed E-state index contributed by atoms with van der Waals surface area (Å²) in [6.45, 7) is 6.31. The molecular formula is C25H21NO4. The minimum Gasteiger partial charge on any atom is -0.423 e. The molecule has 1 aliphatic heterocycles. The number of benzene rings is 3. The summed E-state index contributed by atoms with van der Waals surface area (Å²) in [5.41, 5.74) is 2.10. The van der Waals surface area contributed by atoms with E-state index in [0.717, 1.165) is 10.5 Å². The van der Waals surface area contributed by atoms with Gasteiger partial charge >= 0.3 is 5.97 Å². The van der Waals surface area contributed by atoms with Gasteiger partial charge in [-0.3, -0.25) is 9.59 Å². The minimum atomic E-state index is -0.634. The molecule has 0 N–H and O–H groups in total. The largest absolute Gasteiger partial charge is 0.423 e. The smallest absolute Gasteiger partial charge is 0.345 e. The molecule has 0 saturated carbocycles. The van der Waals surface area contributed by atoms with Crippen LogP contribution in [-0.2, 0) is 5.41 Å². The zero-order valence-electron chi connectivity index (χ0n) is 17.0. The number of ether oxygens (including phenoxy) is 1. The Labute approximate surface area is 174 Å². The average molecular weight is 399 g/mol. The van der Waals surface area contributed by atoms with Gasteiger partial charge in [-0.05, 0) is 47.4 Å². The number of para-hydroxylation sites is 1. The Balaban J connectivity index is 1.64. The quantitative estimate of drug-likeness (QED) is 0.353. The second-order valence-corrected chi connectivity index (χ2v) is 8.17. The number of imide groups is 1. The van der Waals surface area contributed by atoms with Crippen LogP contribution in [0, 0.1) is 0 Å². The Morgan fingerprint density at radius 3 is 1.87 bits per heavy atom. The predicted octanol–water partition coefficient (Wildman–Crippen LogP) is 5.00. The van der Waals surface area contributed by atoms with Crippen LogP contribution in [0.25, 0.3) is 0 Å². The minimum absolute atomic E-state index is 0.0133. The number of fused-ring (bicyclic) bond motifs is 1. The Kier molecular flexibility index (Phi) is 4.74. The Morgan fingerprint density at radius 1 is 0.767 bits per heavy atom. The van der Waals surface area contributed by atoms with Crippen molar-refractivity contribution in [3.63, 3.8) is 0 Å². The molecule has 150 valence electrons. The first-order chi connectivity index (χ1) is 14.3. The lowest BCUT2D eigenvalue weighted by Gasteiger charge is -2.19. The van der Waals surface area contributed by atoms with Gasteiger partial charge in [0.15, 0.2) is 0 Å². The third-order valence-corrected chi connectivity index (χ3v) is 5.09. The van der Waals surface area contributed by atoms with Gasteiger partial charge in [-0.2, -0.15) is 0 Å². The second kappa shape index (κ2) is 7.26. The van der Waals surface area contributed by atoms with Gasteiger partial charge in [-0.15, -0.1) is 0 Å². The van der Waals surface area contributed by atoms with Crippen LogP contribution in [0.5, 0.6) is 5.75 Å². The van der Waals surface area contributed by atoms with Crippen LogP contribution in [0.3, 0.4) is 0 Å². The highest BCUT2D eigenvalue weighted by atomic mass is 16.5. The third kappa shape index (κ3) is 3.39. The molecule has 0 saturated heterocycles. The maximum Gasteiger partial charge on any atom is 0.345 e. The topological polar surface area (TPSA) is 63.7 Å². The van der Waals surface area contributed by atoms with E-state index in [2.05, 4.69) is 20.8 Å². The first-order valence-electron chi connectivity index (χ1n) is 9.67. The van der Waals surface area contributed by atoms with E-state index in [-0.39, 0.29) is 16.7 Å².